The molecule has 1 nitrogen and oxygen atoms in total. The number of rotatable bonds is 2. The summed E-state index contributed by atoms with van der Waals surface area (Å²) in [6.45, 7) is 7.12. The van der Waals surface area contributed by atoms with E-state index >= 15 is 0 Å². The van der Waals surface area contributed by atoms with Crippen LogP contribution in [0.5, 0.6) is 0 Å². The minimum Gasteiger partial charge on any atom is -0.380 e. The Morgan fingerprint density at radius 2 is 2.22 bits per heavy atom. The molecule has 0 aliphatic rings. The summed E-state index contributed by atoms with van der Waals surface area (Å²) in [4.78, 5) is 0. The first-order valence-corrected chi connectivity index (χ1v) is 2.95. The lowest BCUT2D eigenvalue weighted by Crippen LogP contribution is -2.12. The number of aliphatic hydroxyl groups is 1. The zero-order chi connectivity index (χ0) is 7.28. The molecular weight excluding hydrogens is 112 g/mol. The van der Waals surface area contributed by atoms with Gasteiger partial charge in [0.25, 0.3) is 0 Å². The molecule has 2 atom stereocenters. The zero-order valence-corrected chi connectivity index (χ0v) is 5.89. The predicted molar refractivity (Wildman–Crippen MR) is 38.8 cm³/mol. The highest BCUT2D eigenvalue weighted by Crippen LogP contribution is 2.01. The first-order chi connectivity index (χ1) is 4.22. The van der Waals surface area contributed by atoms with Gasteiger partial charge in [0, 0.05) is 5.92 Å². The maximum atomic E-state index is 9.07. The molecule has 0 radical (unpaired) electrons. The van der Waals surface area contributed by atoms with Crippen molar-refractivity contribution in [2.75, 3.05) is 0 Å². The third-order valence-corrected chi connectivity index (χ3v) is 1.16. The third kappa shape index (κ3) is 2.94. The van der Waals surface area contributed by atoms with E-state index in [-0.39, 0.29) is 5.92 Å². The van der Waals surface area contributed by atoms with Crippen LogP contribution in [0.1, 0.15) is 13.8 Å². The lowest BCUT2D eigenvalue weighted by Gasteiger charge is -2.06. The van der Waals surface area contributed by atoms with Gasteiger partial charge in [0.1, 0.15) is 6.10 Å². The van der Waals surface area contributed by atoms with Gasteiger partial charge in [0.2, 0.25) is 0 Å². The summed E-state index contributed by atoms with van der Waals surface area (Å²) in [5.74, 6) is 5.33. The van der Waals surface area contributed by atoms with Gasteiger partial charge in [-0.05, 0) is 6.92 Å². The van der Waals surface area contributed by atoms with E-state index in [0.717, 1.165) is 0 Å². The molecule has 9 heavy (non-hydrogen) atoms. The molecule has 0 spiro atoms. The van der Waals surface area contributed by atoms with Gasteiger partial charge in [0.05, 0.1) is 0 Å². The van der Waals surface area contributed by atoms with E-state index in [4.69, 9.17) is 5.11 Å². The molecule has 1 N–H and O–H groups in total. The lowest BCUT2D eigenvalue weighted by atomic mass is 10.1. The Kier molecular flexibility index (Phi) is 3.83. The fourth-order valence-electron chi connectivity index (χ4n) is 0.408. The van der Waals surface area contributed by atoms with Crippen LogP contribution in [-0.2, 0) is 0 Å². The summed E-state index contributed by atoms with van der Waals surface area (Å²) in [5, 5.41) is 9.07. The molecule has 0 rings (SSSR count). The molecule has 0 aromatic heterocycles. The largest absolute Gasteiger partial charge is 0.380 e. The van der Waals surface area contributed by atoms with Crippen molar-refractivity contribution >= 4 is 0 Å². The predicted octanol–water partition coefficient (Wildman–Crippen LogP) is 1.19. The molecule has 0 aliphatic heterocycles. The Hall–Kier alpha value is -0.740. The van der Waals surface area contributed by atoms with Gasteiger partial charge >= 0.3 is 0 Å². The Bertz CT molecular complexity index is 138. The maximum absolute atomic E-state index is 9.07. The highest BCUT2D eigenvalue weighted by atomic mass is 16.3. The second-order valence-corrected chi connectivity index (χ2v) is 1.93. The van der Waals surface area contributed by atoms with Crippen LogP contribution in [0, 0.1) is 17.8 Å². The molecule has 1 heteroatoms. The highest BCUT2D eigenvalue weighted by molar-refractivity contribution is 5.05. The monoisotopic (exact) mass is 124 g/mol. The highest BCUT2D eigenvalue weighted by Gasteiger charge is 2.04. The van der Waals surface area contributed by atoms with E-state index < -0.39 is 6.10 Å². The third-order valence-electron chi connectivity index (χ3n) is 1.16. The second kappa shape index (κ2) is 4.17. The van der Waals surface area contributed by atoms with Crippen LogP contribution in [0.15, 0.2) is 12.7 Å². The van der Waals surface area contributed by atoms with E-state index in [1.165, 1.54) is 0 Å². The number of hydrogen-bond acceptors (Lipinski definition) is 1. The molecule has 0 fully saturated rings. The van der Waals surface area contributed by atoms with E-state index in [9.17, 15) is 0 Å². The van der Waals surface area contributed by atoms with Crippen molar-refractivity contribution in [3.05, 3.63) is 12.7 Å². The SMILES string of the molecule is C=C[C@H](C)[C@H](O)C#CC. The molecule has 50 valence electrons. The Morgan fingerprint density at radius 3 is 2.56 bits per heavy atom. The van der Waals surface area contributed by atoms with Gasteiger partial charge in [-0.1, -0.05) is 18.9 Å². The summed E-state index contributed by atoms with van der Waals surface area (Å²) in [6, 6.07) is 0. The van der Waals surface area contributed by atoms with E-state index in [0.29, 0.717) is 0 Å². The van der Waals surface area contributed by atoms with Gasteiger partial charge in [-0.2, -0.15) is 0 Å². The molecule has 0 heterocycles. The van der Waals surface area contributed by atoms with Gasteiger partial charge in [-0.15, -0.1) is 12.5 Å². The smallest absolute Gasteiger partial charge is 0.120 e. The van der Waals surface area contributed by atoms with Crippen molar-refractivity contribution in [2.45, 2.75) is 20.0 Å². The molecule has 0 unspecified atom stereocenters. The average molecular weight is 124 g/mol. The van der Waals surface area contributed by atoms with Crippen molar-refractivity contribution < 1.29 is 5.11 Å². The molecular formula is C8H12O. The molecule has 0 amide bonds. The summed E-state index contributed by atoms with van der Waals surface area (Å²) < 4.78 is 0. The first-order valence-electron chi connectivity index (χ1n) is 2.95. The lowest BCUT2D eigenvalue weighted by molar-refractivity contribution is 0.195. The zero-order valence-electron chi connectivity index (χ0n) is 5.89. The molecule has 0 aromatic carbocycles. The normalized spacial score (nSPS) is 15.0. The minimum absolute atomic E-state index is 0.0671. The Balaban J connectivity index is 3.81. The Morgan fingerprint density at radius 1 is 1.67 bits per heavy atom. The van der Waals surface area contributed by atoms with Crippen LogP contribution in [0.3, 0.4) is 0 Å². The summed E-state index contributed by atoms with van der Waals surface area (Å²) in [5.41, 5.74) is 0. The van der Waals surface area contributed by atoms with Gasteiger partial charge in [0.15, 0.2) is 0 Å². The van der Waals surface area contributed by atoms with Crippen LogP contribution < -0.4 is 0 Å². The van der Waals surface area contributed by atoms with Gasteiger partial charge in [-0.25, -0.2) is 0 Å². The summed E-state index contributed by atoms with van der Waals surface area (Å²) >= 11 is 0. The fraction of sp³-hybridized carbons (Fsp3) is 0.500. The molecule has 0 saturated carbocycles. The van der Waals surface area contributed by atoms with Crippen LogP contribution in [0.4, 0.5) is 0 Å². The summed E-state index contributed by atoms with van der Waals surface area (Å²) in [7, 11) is 0. The van der Waals surface area contributed by atoms with Crippen LogP contribution in [0.2, 0.25) is 0 Å². The van der Waals surface area contributed by atoms with Crippen molar-refractivity contribution in [1.29, 1.82) is 0 Å². The van der Waals surface area contributed by atoms with Gasteiger partial charge in [-0.3, -0.25) is 0 Å². The van der Waals surface area contributed by atoms with Crippen molar-refractivity contribution in [1.82, 2.24) is 0 Å². The summed E-state index contributed by atoms with van der Waals surface area (Å²) in [6.07, 6.45) is 1.14. The van der Waals surface area contributed by atoms with E-state index in [2.05, 4.69) is 18.4 Å². The van der Waals surface area contributed by atoms with E-state index in [1.54, 1.807) is 13.0 Å². The molecule has 0 aliphatic carbocycles. The number of aliphatic hydroxyl groups excluding tert-OH is 1. The van der Waals surface area contributed by atoms with Crippen molar-refractivity contribution in [3.8, 4) is 11.8 Å². The standard InChI is InChI=1S/C8H12O/c1-4-6-8(9)7(3)5-2/h5,7-9H,2H2,1,3H3/t7-,8+/m0/s1. The topological polar surface area (TPSA) is 20.2 Å². The maximum Gasteiger partial charge on any atom is 0.120 e. The first kappa shape index (κ1) is 8.26. The molecule has 0 aromatic rings. The van der Waals surface area contributed by atoms with Crippen molar-refractivity contribution in [3.63, 3.8) is 0 Å². The Labute approximate surface area is 56.4 Å². The van der Waals surface area contributed by atoms with Crippen LogP contribution in [-0.4, -0.2) is 11.2 Å². The quantitative estimate of drug-likeness (QED) is 0.433. The molecule has 0 bridgehead atoms. The average Bonchev–Trinajstić information content (AvgIpc) is 1.87. The number of hydrogen-bond donors (Lipinski definition) is 1. The molecule has 0 saturated heterocycles. The van der Waals surface area contributed by atoms with Crippen LogP contribution >= 0.6 is 0 Å². The van der Waals surface area contributed by atoms with Crippen molar-refractivity contribution in [2.24, 2.45) is 5.92 Å². The minimum atomic E-state index is -0.549. The van der Waals surface area contributed by atoms with E-state index in [1.807, 2.05) is 6.92 Å². The fourth-order valence-corrected chi connectivity index (χ4v) is 0.408. The van der Waals surface area contributed by atoms with Gasteiger partial charge < -0.3 is 5.11 Å². The van der Waals surface area contributed by atoms with Crippen LogP contribution in [0.25, 0.3) is 0 Å². The second-order valence-electron chi connectivity index (χ2n) is 1.93.